The van der Waals surface area contributed by atoms with Crippen LogP contribution in [0.3, 0.4) is 0 Å². The molecule has 2 fully saturated rings. The highest BCUT2D eigenvalue weighted by Crippen LogP contribution is 2.24. The first kappa shape index (κ1) is 18.9. The van der Waals surface area contributed by atoms with Crippen LogP contribution in [0, 0.1) is 11.8 Å². The van der Waals surface area contributed by atoms with Crippen LogP contribution >= 0.6 is 0 Å². The Morgan fingerprint density at radius 3 is 2.55 bits per heavy atom. The van der Waals surface area contributed by atoms with Gasteiger partial charge in [-0.2, -0.15) is 0 Å². The van der Waals surface area contributed by atoms with Crippen molar-refractivity contribution in [2.24, 2.45) is 17.7 Å². The molecule has 0 bridgehead atoms. The number of hydrogen-bond acceptors (Lipinski definition) is 5. The number of hydrogen-bond donors (Lipinski definition) is 4. The minimum atomic E-state index is -0.631. The number of nitrogens with zero attached hydrogens (tertiary/aromatic N) is 1. The molecule has 1 amide bonds. The Morgan fingerprint density at radius 1 is 1.36 bits per heavy atom. The van der Waals surface area contributed by atoms with E-state index in [1.165, 1.54) is 0 Å². The number of amides is 1. The molecule has 7 heteroatoms. The Kier molecular flexibility index (Phi) is 8.37. The summed E-state index contributed by atoms with van der Waals surface area (Å²) < 4.78 is 0. The Labute approximate surface area is 132 Å². The van der Waals surface area contributed by atoms with Gasteiger partial charge in [0, 0.05) is 12.6 Å². The molecule has 3 unspecified atom stereocenters. The Balaban J connectivity index is 0.000000224. The average molecular weight is 314 g/mol. The van der Waals surface area contributed by atoms with Gasteiger partial charge in [-0.3, -0.25) is 15.0 Å². The van der Waals surface area contributed by atoms with E-state index in [1.807, 2.05) is 7.05 Å². The highest BCUT2D eigenvalue weighted by molar-refractivity contribution is 5.78. The number of likely N-dealkylation sites (tertiary alicyclic amines) is 1. The summed E-state index contributed by atoms with van der Waals surface area (Å²) in [5.41, 5.74) is 2.16. The fourth-order valence-corrected chi connectivity index (χ4v) is 3.30. The molecule has 0 saturated carbocycles. The summed E-state index contributed by atoms with van der Waals surface area (Å²) in [6.45, 7) is 4.89. The van der Waals surface area contributed by atoms with Crippen LogP contribution in [0.15, 0.2) is 0 Å². The van der Waals surface area contributed by atoms with E-state index < -0.39 is 5.97 Å². The molecule has 0 aliphatic carbocycles. The van der Waals surface area contributed by atoms with Crippen molar-refractivity contribution in [1.29, 1.82) is 0 Å². The predicted molar refractivity (Wildman–Crippen MR) is 85.0 cm³/mol. The Morgan fingerprint density at radius 2 is 2.09 bits per heavy atom. The maximum Gasteiger partial charge on any atom is 0.308 e. The van der Waals surface area contributed by atoms with Gasteiger partial charge in [0.2, 0.25) is 5.91 Å². The second-order valence-electron chi connectivity index (χ2n) is 6.10. The molecule has 3 atom stereocenters. The van der Waals surface area contributed by atoms with Crippen LogP contribution in [0.25, 0.3) is 0 Å². The van der Waals surface area contributed by atoms with E-state index in [1.54, 1.807) is 0 Å². The third kappa shape index (κ3) is 5.55. The standard InChI is InChI=1S/C9H17NO2.C6H13N3O/c1-3-8-7(9(11)12)5-4-6-10(8)2;7-9-6(10)5-2-1-3-8-4-5/h7-8H,3-6H2,1-2H3,(H,11,12);5,8H,1-4,7H2,(H,9,10). The van der Waals surface area contributed by atoms with Crippen LogP contribution in [0.5, 0.6) is 0 Å². The smallest absolute Gasteiger partial charge is 0.308 e. The summed E-state index contributed by atoms with van der Waals surface area (Å²) in [7, 11) is 2.02. The third-order valence-electron chi connectivity index (χ3n) is 4.60. The van der Waals surface area contributed by atoms with Crippen molar-refractivity contribution < 1.29 is 14.7 Å². The van der Waals surface area contributed by atoms with Crippen LogP contribution < -0.4 is 16.6 Å². The molecule has 0 radical (unpaired) electrons. The number of carboxylic acids is 1. The van der Waals surface area contributed by atoms with E-state index in [0.717, 1.165) is 51.7 Å². The maximum absolute atomic E-state index is 10.9. The summed E-state index contributed by atoms with van der Waals surface area (Å²) in [6, 6.07) is 0.247. The van der Waals surface area contributed by atoms with Crippen molar-refractivity contribution in [2.75, 3.05) is 26.7 Å². The van der Waals surface area contributed by atoms with Crippen molar-refractivity contribution in [2.45, 2.75) is 45.1 Å². The number of aliphatic carboxylic acids is 1. The van der Waals surface area contributed by atoms with Gasteiger partial charge in [0.15, 0.2) is 0 Å². The molecule has 0 aromatic heterocycles. The molecule has 0 spiro atoms. The van der Waals surface area contributed by atoms with Crippen molar-refractivity contribution >= 4 is 11.9 Å². The van der Waals surface area contributed by atoms with Crippen LogP contribution in [-0.2, 0) is 9.59 Å². The van der Waals surface area contributed by atoms with E-state index >= 15 is 0 Å². The molecule has 0 aromatic carbocycles. The Bertz CT molecular complexity index is 359. The largest absolute Gasteiger partial charge is 0.481 e. The Hall–Kier alpha value is -1.18. The highest BCUT2D eigenvalue weighted by Gasteiger charge is 2.32. The summed E-state index contributed by atoms with van der Waals surface area (Å²) >= 11 is 0. The summed E-state index contributed by atoms with van der Waals surface area (Å²) in [5, 5.41) is 12.1. The lowest BCUT2D eigenvalue weighted by molar-refractivity contribution is -0.145. The summed E-state index contributed by atoms with van der Waals surface area (Å²) in [5.74, 6) is 4.23. The first-order valence-corrected chi connectivity index (χ1v) is 8.15. The molecule has 22 heavy (non-hydrogen) atoms. The summed E-state index contributed by atoms with van der Waals surface area (Å²) in [4.78, 5) is 23.9. The molecule has 0 aromatic rings. The van der Waals surface area contributed by atoms with Crippen molar-refractivity contribution in [1.82, 2.24) is 15.6 Å². The number of nitrogens with two attached hydrogens (primary N) is 1. The average Bonchev–Trinajstić information content (AvgIpc) is 2.55. The number of piperidine rings is 2. The fraction of sp³-hybridized carbons (Fsp3) is 0.867. The molecule has 5 N–H and O–H groups in total. The lowest BCUT2D eigenvalue weighted by Gasteiger charge is -2.36. The zero-order chi connectivity index (χ0) is 16.5. The predicted octanol–water partition coefficient (Wildman–Crippen LogP) is 0.167. The molecular weight excluding hydrogens is 284 g/mol. The molecule has 2 aliphatic heterocycles. The molecule has 128 valence electrons. The van der Waals surface area contributed by atoms with Crippen LogP contribution in [0.1, 0.15) is 39.0 Å². The molecule has 7 nitrogen and oxygen atoms in total. The van der Waals surface area contributed by atoms with Crippen LogP contribution in [0.2, 0.25) is 0 Å². The quantitative estimate of drug-likeness (QED) is 0.336. The molecular formula is C15H30N4O3. The van der Waals surface area contributed by atoms with Crippen molar-refractivity contribution in [3.63, 3.8) is 0 Å². The van der Waals surface area contributed by atoms with Gasteiger partial charge in [0.1, 0.15) is 0 Å². The molecule has 2 rings (SSSR count). The van der Waals surface area contributed by atoms with E-state index in [9.17, 15) is 9.59 Å². The van der Waals surface area contributed by atoms with Gasteiger partial charge >= 0.3 is 5.97 Å². The number of carbonyl (C=O) groups excluding carboxylic acids is 1. The van der Waals surface area contributed by atoms with Crippen molar-refractivity contribution in [3.05, 3.63) is 0 Å². The second kappa shape index (κ2) is 9.76. The first-order chi connectivity index (χ1) is 10.5. The van der Waals surface area contributed by atoms with Gasteiger partial charge in [0.25, 0.3) is 0 Å². The van der Waals surface area contributed by atoms with E-state index in [4.69, 9.17) is 10.9 Å². The lowest BCUT2D eigenvalue weighted by atomic mass is 9.88. The topological polar surface area (TPSA) is 108 Å². The number of carbonyl (C=O) groups is 2. The first-order valence-electron chi connectivity index (χ1n) is 8.15. The second-order valence-corrected chi connectivity index (χ2v) is 6.10. The number of hydrazine groups is 1. The number of carboxylic acid groups (broad SMARTS) is 1. The normalized spacial score (nSPS) is 29.1. The third-order valence-corrected chi connectivity index (χ3v) is 4.60. The van der Waals surface area contributed by atoms with Gasteiger partial charge in [-0.1, -0.05) is 6.92 Å². The van der Waals surface area contributed by atoms with Crippen LogP contribution in [-0.4, -0.2) is 54.6 Å². The van der Waals surface area contributed by atoms with Gasteiger partial charge in [-0.15, -0.1) is 0 Å². The molecule has 2 heterocycles. The number of rotatable bonds is 3. The minimum Gasteiger partial charge on any atom is -0.481 e. The van der Waals surface area contributed by atoms with Gasteiger partial charge in [-0.05, 0) is 52.2 Å². The molecule has 2 saturated heterocycles. The van der Waals surface area contributed by atoms with E-state index in [0.29, 0.717) is 0 Å². The van der Waals surface area contributed by atoms with E-state index in [2.05, 4.69) is 22.6 Å². The molecule has 2 aliphatic rings. The van der Waals surface area contributed by atoms with Gasteiger partial charge in [-0.25, -0.2) is 5.84 Å². The van der Waals surface area contributed by atoms with Gasteiger partial charge in [0.05, 0.1) is 11.8 Å². The zero-order valence-electron chi connectivity index (χ0n) is 13.7. The lowest BCUT2D eigenvalue weighted by Crippen LogP contribution is -2.45. The SMILES string of the molecule is CCC1C(C(=O)O)CCCN1C.NNC(=O)C1CCCNC1. The maximum atomic E-state index is 10.9. The van der Waals surface area contributed by atoms with E-state index in [-0.39, 0.29) is 23.8 Å². The van der Waals surface area contributed by atoms with Gasteiger partial charge < -0.3 is 15.3 Å². The van der Waals surface area contributed by atoms with Crippen molar-refractivity contribution in [3.8, 4) is 0 Å². The monoisotopic (exact) mass is 314 g/mol. The summed E-state index contributed by atoms with van der Waals surface area (Å²) in [6.07, 6.45) is 4.82. The highest BCUT2D eigenvalue weighted by atomic mass is 16.4. The minimum absolute atomic E-state index is 0.0489. The fourth-order valence-electron chi connectivity index (χ4n) is 3.30. The number of nitrogens with one attached hydrogen (secondary N) is 2. The van der Waals surface area contributed by atoms with Crippen LogP contribution in [0.4, 0.5) is 0 Å². The zero-order valence-corrected chi connectivity index (χ0v) is 13.7.